The minimum absolute atomic E-state index is 0.0505. The van der Waals surface area contributed by atoms with E-state index in [2.05, 4.69) is 4.98 Å². The zero-order valence-corrected chi connectivity index (χ0v) is 13.5. The topological polar surface area (TPSA) is 42.1 Å². The van der Waals surface area contributed by atoms with Crippen LogP contribution in [0.25, 0.3) is 22.2 Å². The minimum atomic E-state index is -4.52. The zero-order chi connectivity index (χ0) is 18.0. The molecule has 0 aliphatic rings. The first-order chi connectivity index (χ1) is 11.9. The average Bonchev–Trinajstić information content (AvgIpc) is 2.93. The molecule has 1 aromatic heterocycles. The number of aromatic amines is 1. The first-order valence-corrected chi connectivity index (χ1v) is 7.89. The van der Waals surface area contributed by atoms with Gasteiger partial charge in [0, 0.05) is 22.9 Å². The van der Waals surface area contributed by atoms with Gasteiger partial charge in [0.1, 0.15) is 0 Å². The van der Waals surface area contributed by atoms with Crippen LogP contribution in [-0.2, 0) is 11.0 Å². The smallest absolute Gasteiger partial charge is 0.417 e. The number of halogens is 3. The largest absolute Gasteiger partial charge is 0.424 e. The molecular weight excluding hydrogens is 331 g/mol. The monoisotopic (exact) mass is 347 g/mol. The van der Waals surface area contributed by atoms with Crippen molar-refractivity contribution in [3.05, 3.63) is 54.1 Å². The molecule has 0 saturated carbocycles. The molecule has 0 aliphatic heterocycles. The van der Waals surface area contributed by atoms with Crippen molar-refractivity contribution in [2.24, 2.45) is 0 Å². The molecule has 0 radical (unpaired) electrons. The molecule has 0 amide bonds. The molecule has 1 heterocycles. The molecule has 0 unspecified atom stereocenters. The number of benzene rings is 2. The second kappa shape index (κ2) is 6.63. The molecule has 0 saturated heterocycles. The Morgan fingerprint density at radius 2 is 1.76 bits per heavy atom. The quantitative estimate of drug-likeness (QED) is 0.628. The summed E-state index contributed by atoms with van der Waals surface area (Å²) in [7, 11) is 0. The summed E-state index contributed by atoms with van der Waals surface area (Å²) in [5.74, 6) is -0.344. The van der Waals surface area contributed by atoms with Gasteiger partial charge < -0.3 is 9.72 Å². The number of rotatable bonds is 4. The number of nitrogens with one attached hydrogen (secondary N) is 1. The van der Waals surface area contributed by atoms with E-state index in [0.29, 0.717) is 17.3 Å². The van der Waals surface area contributed by atoms with Gasteiger partial charge >= 0.3 is 12.1 Å². The second-order valence-corrected chi connectivity index (χ2v) is 5.64. The zero-order valence-electron chi connectivity index (χ0n) is 13.5. The van der Waals surface area contributed by atoms with Crippen molar-refractivity contribution in [1.82, 2.24) is 4.98 Å². The number of fused-ring (bicyclic) bond motifs is 1. The summed E-state index contributed by atoms with van der Waals surface area (Å²) in [5, 5.41) is 0.568. The van der Waals surface area contributed by atoms with Crippen LogP contribution in [0.4, 0.5) is 13.2 Å². The third-order valence-electron chi connectivity index (χ3n) is 3.83. The normalized spacial score (nSPS) is 11.7. The minimum Gasteiger partial charge on any atom is -0.424 e. The number of ether oxygens (including phenoxy) is 1. The summed E-state index contributed by atoms with van der Waals surface area (Å²) in [5.41, 5.74) is -0.0767. The van der Waals surface area contributed by atoms with E-state index < -0.39 is 17.7 Å². The Morgan fingerprint density at radius 1 is 1.08 bits per heavy atom. The highest BCUT2D eigenvalue weighted by atomic mass is 19.4. The Morgan fingerprint density at radius 3 is 2.48 bits per heavy atom. The fourth-order valence-electron chi connectivity index (χ4n) is 2.73. The highest BCUT2D eigenvalue weighted by Crippen LogP contribution is 2.43. The maximum Gasteiger partial charge on any atom is 0.417 e. The standard InChI is InChI=1S/C19H16F3NO2/c1-2-7-16(24)25-18-13-9-4-6-11-15(13)23-17(18)12-8-3-5-10-14(12)19(20,21)22/h3-6,8-11,23H,2,7H2,1H3. The molecular formula is C19H16F3NO2. The van der Waals surface area contributed by atoms with Crippen LogP contribution in [0.15, 0.2) is 48.5 Å². The molecule has 25 heavy (non-hydrogen) atoms. The number of aromatic nitrogens is 1. The third-order valence-corrected chi connectivity index (χ3v) is 3.83. The lowest BCUT2D eigenvalue weighted by atomic mass is 10.0. The van der Waals surface area contributed by atoms with Gasteiger partial charge in [0.05, 0.1) is 11.3 Å². The third kappa shape index (κ3) is 3.38. The van der Waals surface area contributed by atoms with Gasteiger partial charge in [-0.25, -0.2) is 0 Å². The van der Waals surface area contributed by atoms with Gasteiger partial charge in [0.25, 0.3) is 0 Å². The molecule has 3 rings (SSSR count). The first kappa shape index (κ1) is 17.1. The van der Waals surface area contributed by atoms with Gasteiger partial charge in [0.2, 0.25) is 0 Å². The van der Waals surface area contributed by atoms with Gasteiger partial charge in [-0.2, -0.15) is 13.2 Å². The lowest BCUT2D eigenvalue weighted by molar-refractivity contribution is -0.137. The number of carbonyl (C=O) groups is 1. The van der Waals surface area contributed by atoms with E-state index in [4.69, 9.17) is 4.74 Å². The number of para-hydroxylation sites is 1. The number of esters is 1. The van der Waals surface area contributed by atoms with Crippen molar-refractivity contribution in [1.29, 1.82) is 0 Å². The van der Waals surface area contributed by atoms with E-state index in [0.717, 1.165) is 6.07 Å². The predicted molar refractivity (Wildman–Crippen MR) is 89.3 cm³/mol. The molecule has 0 aliphatic carbocycles. The van der Waals surface area contributed by atoms with Crippen LogP contribution in [-0.4, -0.2) is 11.0 Å². The van der Waals surface area contributed by atoms with E-state index in [1.807, 2.05) is 6.92 Å². The maximum atomic E-state index is 13.4. The van der Waals surface area contributed by atoms with E-state index >= 15 is 0 Å². The lowest BCUT2D eigenvalue weighted by Crippen LogP contribution is -2.09. The van der Waals surface area contributed by atoms with E-state index in [1.165, 1.54) is 18.2 Å². The van der Waals surface area contributed by atoms with Crippen LogP contribution >= 0.6 is 0 Å². The van der Waals surface area contributed by atoms with Crippen LogP contribution in [0.3, 0.4) is 0 Å². The molecule has 6 heteroatoms. The summed E-state index contributed by atoms with van der Waals surface area (Å²) in [6.45, 7) is 1.83. The van der Waals surface area contributed by atoms with Crippen molar-refractivity contribution < 1.29 is 22.7 Å². The number of hydrogen-bond acceptors (Lipinski definition) is 2. The molecule has 1 N–H and O–H groups in total. The Bertz CT molecular complexity index is 912. The van der Waals surface area contributed by atoms with E-state index in [9.17, 15) is 18.0 Å². The van der Waals surface area contributed by atoms with E-state index in [-0.39, 0.29) is 23.4 Å². The maximum absolute atomic E-state index is 13.4. The Labute approximate surface area is 142 Å². The predicted octanol–water partition coefficient (Wildman–Crippen LogP) is 5.56. The summed E-state index contributed by atoms with van der Waals surface area (Å²) in [6.07, 6.45) is -3.73. The number of carbonyl (C=O) groups excluding carboxylic acids is 1. The van der Waals surface area contributed by atoms with Gasteiger partial charge in [-0.1, -0.05) is 37.3 Å². The summed E-state index contributed by atoms with van der Waals surface area (Å²) in [6, 6.07) is 12.2. The second-order valence-electron chi connectivity index (χ2n) is 5.64. The summed E-state index contributed by atoms with van der Waals surface area (Å²) in [4.78, 5) is 14.9. The molecule has 3 aromatic rings. The van der Waals surface area contributed by atoms with Crippen LogP contribution in [0.1, 0.15) is 25.3 Å². The Kier molecular flexibility index (Phi) is 4.53. The van der Waals surface area contributed by atoms with Gasteiger partial charge in [-0.3, -0.25) is 4.79 Å². The van der Waals surface area contributed by atoms with Crippen molar-refractivity contribution in [3.8, 4) is 17.0 Å². The Balaban J connectivity index is 2.22. The van der Waals surface area contributed by atoms with Crippen molar-refractivity contribution in [2.45, 2.75) is 25.9 Å². The average molecular weight is 347 g/mol. The van der Waals surface area contributed by atoms with Gasteiger partial charge in [0.15, 0.2) is 5.75 Å². The summed E-state index contributed by atoms with van der Waals surface area (Å²) < 4.78 is 45.6. The molecule has 0 spiro atoms. The van der Waals surface area contributed by atoms with Crippen molar-refractivity contribution in [3.63, 3.8) is 0 Å². The Hall–Kier alpha value is -2.76. The fraction of sp³-hybridized carbons (Fsp3) is 0.211. The van der Waals surface area contributed by atoms with Crippen LogP contribution < -0.4 is 4.74 Å². The number of alkyl halides is 3. The molecule has 3 nitrogen and oxygen atoms in total. The molecule has 130 valence electrons. The summed E-state index contributed by atoms with van der Waals surface area (Å²) >= 11 is 0. The fourth-order valence-corrected chi connectivity index (χ4v) is 2.73. The molecule has 0 fully saturated rings. The molecule has 0 bridgehead atoms. The van der Waals surface area contributed by atoms with E-state index in [1.54, 1.807) is 24.3 Å². The highest BCUT2D eigenvalue weighted by molar-refractivity contribution is 5.96. The molecule has 2 aromatic carbocycles. The SMILES string of the molecule is CCCC(=O)Oc1c(-c2ccccc2C(F)(F)F)[nH]c2ccccc12. The van der Waals surface area contributed by atoms with Crippen molar-refractivity contribution >= 4 is 16.9 Å². The van der Waals surface area contributed by atoms with Crippen LogP contribution in [0.2, 0.25) is 0 Å². The van der Waals surface area contributed by atoms with Crippen LogP contribution in [0.5, 0.6) is 5.75 Å². The first-order valence-electron chi connectivity index (χ1n) is 7.89. The van der Waals surface area contributed by atoms with Crippen molar-refractivity contribution in [2.75, 3.05) is 0 Å². The number of H-pyrrole nitrogens is 1. The molecule has 0 atom stereocenters. The van der Waals surface area contributed by atoms with Gasteiger partial charge in [-0.15, -0.1) is 0 Å². The number of hydrogen-bond donors (Lipinski definition) is 1. The van der Waals surface area contributed by atoms with Crippen LogP contribution in [0, 0.1) is 0 Å². The van der Waals surface area contributed by atoms with Gasteiger partial charge in [-0.05, 0) is 24.6 Å². The lowest BCUT2D eigenvalue weighted by Gasteiger charge is -2.13. The highest BCUT2D eigenvalue weighted by Gasteiger charge is 2.34.